The summed E-state index contributed by atoms with van der Waals surface area (Å²) in [5, 5.41) is 3.36. The van der Waals surface area contributed by atoms with Crippen molar-refractivity contribution in [1.29, 1.82) is 0 Å². The normalized spacial score (nSPS) is 18.8. The zero-order chi connectivity index (χ0) is 10.1. The maximum absolute atomic E-state index is 4.48. The molecule has 3 rings (SSSR count). The Labute approximate surface area is 89.6 Å². The van der Waals surface area contributed by atoms with Crippen LogP contribution in [0.3, 0.4) is 0 Å². The lowest BCUT2D eigenvalue weighted by Crippen LogP contribution is -2.09. The van der Waals surface area contributed by atoms with Crippen LogP contribution in [-0.2, 0) is 12.8 Å². The molecule has 0 unspecified atom stereocenters. The molecule has 0 spiro atoms. The molecule has 1 aromatic heterocycles. The molecule has 2 aliphatic rings. The highest BCUT2D eigenvalue weighted by molar-refractivity contribution is 5.96. The zero-order valence-corrected chi connectivity index (χ0v) is 8.79. The van der Waals surface area contributed by atoms with Gasteiger partial charge >= 0.3 is 0 Å². The van der Waals surface area contributed by atoms with Crippen molar-refractivity contribution in [3.05, 3.63) is 23.5 Å². The van der Waals surface area contributed by atoms with E-state index in [0.29, 0.717) is 0 Å². The molecule has 0 bridgehead atoms. The van der Waals surface area contributed by atoms with E-state index >= 15 is 0 Å². The number of hydrogen-bond acceptors (Lipinski definition) is 3. The molecular formula is C12H15N3. The summed E-state index contributed by atoms with van der Waals surface area (Å²) < 4.78 is 0. The topological polar surface area (TPSA) is 37.3 Å². The Morgan fingerprint density at radius 2 is 2.13 bits per heavy atom. The van der Waals surface area contributed by atoms with Crippen molar-refractivity contribution in [2.45, 2.75) is 32.1 Å². The number of anilines is 1. The van der Waals surface area contributed by atoms with Crippen molar-refractivity contribution in [2.75, 3.05) is 11.9 Å². The Morgan fingerprint density at radius 3 is 3.00 bits per heavy atom. The summed E-state index contributed by atoms with van der Waals surface area (Å²) >= 11 is 0. The van der Waals surface area contributed by atoms with Gasteiger partial charge in [0.15, 0.2) is 0 Å². The van der Waals surface area contributed by atoms with Gasteiger partial charge in [0.2, 0.25) is 0 Å². The molecule has 3 nitrogen and oxygen atoms in total. The molecule has 0 saturated heterocycles. The average Bonchev–Trinajstić information content (AvgIpc) is 2.87. The number of aromatic nitrogens is 1. The standard InChI is InChI=1S/C12H15N3/c1-3-9-7-10(8-14-11(9)4-1)15-12-5-2-6-13-12/h7-8H,1-6H2,(H,13,15). The van der Waals surface area contributed by atoms with Gasteiger partial charge in [-0.25, -0.2) is 0 Å². The molecule has 0 radical (unpaired) electrons. The summed E-state index contributed by atoms with van der Waals surface area (Å²) in [4.78, 5) is 8.89. The number of fused-ring (bicyclic) bond motifs is 1. The second-order valence-electron chi connectivity index (χ2n) is 4.24. The van der Waals surface area contributed by atoms with E-state index in [0.717, 1.165) is 30.9 Å². The van der Waals surface area contributed by atoms with Gasteiger partial charge < -0.3 is 5.32 Å². The number of amidine groups is 1. The summed E-state index contributed by atoms with van der Waals surface area (Å²) in [5.74, 6) is 1.12. The largest absolute Gasteiger partial charge is 0.343 e. The van der Waals surface area contributed by atoms with E-state index in [1.807, 2.05) is 6.20 Å². The molecule has 1 aliphatic heterocycles. The minimum atomic E-state index is 0.973. The number of nitrogens with one attached hydrogen (secondary N) is 1. The van der Waals surface area contributed by atoms with Crippen LogP contribution in [0.15, 0.2) is 17.3 Å². The SMILES string of the molecule is c1nc2c(cc1NC1=NCCC1)CCC2. The van der Waals surface area contributed by atoms with Crippen LogP contribution in [0, 0.1) is 0 Å². The predicted molar refractivity (Wildman–Crippen MR) is 61.4 cm³/mol. The van der Waals surface area contributed by atoms with Crippen LogP contribution in [0.1, 0.15) is 30.5 Å². The van der Waals surface area contributed by atoms with Crippen LogP contribution in [0.2, 0.25) is 0 Å². The van der Waals surface area contributed by atoms with Crippen molar-refractivity contribution < 1.29 is 0 Å². The lowest BCUT2D eigenvalue weighted by Gasteiger charge is -2.06. The third-order valence-corrected chi connectivity index (χ3v) is 3.08. The summed E-state index contributed by atoms with van der Waals surface area (Å²) in [5.41, 5.74) is 3.81. The summed E-state index contributed by atoms with van der Waals surface area (Å²) in [6.07, 6.45) is 7.79. The minimum Gasteiger partial charge on any atom is -0.343 e. The van der Waals surface area contributed by atoms with Gasteiger partial charge in [0.25, 0.3) is 0 Å². The monoisotopic (exact) mass is 201 g/mol. The Hall–Kier alpha value is -1.38. The third-order valence-electron chi connectivity index (χ3n) is 3.08. The van der Waals surface area contributed by atoms with Crippen LogP contribution < -0.4 is 5.32 Å². The van der Waals surface area contributed by atoms with Gasteiger partial charge in [-0.1, -0.05) is 0 Å². The summed E-state index contributed by atoms with van der Waals surface area (Å²) in [7, 11) is 0. The fourth-order valence-corrected chi connectivity index (χ4v) is 2.30. The first kappa shape index (κ1) is 8.89. The first-order valence-corrected chi connectivity index (χ1v) is 5.70. The highest BCUT2D eigenvalue weighted by Gasteiger charge is 2.13. The fourth-order valence-electron chi connectivity index (χ4n) is 2.30. The average molecular weight is 201 g/mol. The molecule has 1 aliphatic carbocycles. The second kappa shape index (κ2) is 3.65. The summed E-state index contributed by atoms with van der Waals surface area (Å²) in [6, 6.07) is 2.23. The number of rotatable bonds is 1. The predicted octanol–water partition coefficient (Wildman–Crippen LogP) is 2.17. The number of nitrogens with zero attached hydrogens (tertiary/aromatic N) is 2. The van der Waals surface area contributed by atoms with Gasteiger partial charge in [-0.3, -0.25) is 9.98 Å². The highest BCUT2D eigenvalue weighted by atomic mass is 15.0. The van der Waals surface area contributed by atoms with E-state index in [9.17, 15) is 0 Å². The number of aliphatic imine (C=N–C) groups is 1. The number of hydrogen-bond donors (Lipinski definition) is 1. The first-order chi connectivity index (χ1) is 7.42. The molecule has 2 heterocycles. The first-order valence-electron chi connectivity index (χ1n) is 5.70. The molecule has 1 aromatic rings. The number of pyridine rings is 1. The molecule has 0 aromatic carbocycles. The third kappa shape index (κ3) is 1.74. The Kier molecular flexibility index (Phi) is 2.16. The molecule has 0 fully saturated rings. The smallest absolute Gasteiger partial charge is 0.101 e. The van der Waals surface area contributed by atoms with Crippen molar-refractivity contribution in [3.8, 4) is 0 Å². The Bertz CT molecular complexity index is 409. The highest BCUT2D eigenvalue weighted by Crippen LogP contribution is 2.22. The van der Waals surface area contributed by atoms with E-state index in [-0.39, 0.29) is 0 Å². The van der Waals surface area contributed by atoms with Gasteiger partial charge in [0.1, 0.15) is 5.84 Å². The summed E-state index contributed by atoms with van der Waals surface area (Å²) in [6.45, 7) is 0.973. The van der Waals surface area contributed by atoms with Gasteiger partial charge in [0, 0.05) is 18.7 Å². The second-order valence-corrected chi connectivity index (χ2v) is 4.24. The molecule has 3 heteroatoms. The van der Waals surface area contributed by atoms with E-state index in [2.05, 4.69) is 21.4 Å². The van der Waals surface area contributed by atoms with Crippen molar-refractivity contribution in [1.82, 2.24) is 4.98 Å². The number of aryl methyl sites for hydroxylation is 2. The quantitative estimate of drug-likeness (QED) is 0.756. The molecule has 0 amide bonds. The molecule has 0 saturated carbocycles. The van der Waals surface area contributed by atoms with Crippen LogP contribution in [-0.4, -0.2) is 17.4 Å². The maximum atomic E-state index is 4.48. The van der Waals surface area contributed by atoms with Gasteiger partial charge in [-0.15, -0.1) is 0 Å². The molecule has 78 valence electrons. The van der Waals surface area contributed by atoms with Crippen LogP contribution in [0.5, 0.6) is 0 Å². The van der Waals surface area contributed by atoms with Crippen molar-refractivity contribution in [3.63, 3.8) is 0 Å². The molecule has 1 N–H and O–H groups in total. The van der Waals surface area contributed by atoms with E-state index in [4.69, 9.17) is 0 Å². The van der Waals surface area contributed by atoms with E-state index in [1.54, 1.807) is 0 Å². The fraction of sp³-hybridized carbons (Fsp3) is 0.500. The van der Waals surface area contributed by atoms with Crippen molar-refractivity contribution in [2.24, 2.45) is 4.99 Å². The lowest BCUT2D eigenvalue weighted by atomic mass is 10.2. The maximum Gasteiger partial charge on any atom is 0.101 e. The Balaban J connectivity index is 1.80. The van der Waals surface area contributed by atoms with Gasteiger partial charge in [-0.05, 0) is 37.3 Å². The van der Waals surface area contributed by atoms with Crippen LogP contribution in [0.4, 0.5) is 5.69 Å². The minimum absolute atomic E-state index is 0.973. The lowest BCUT2D eigenvalue weighted by molar-refractivity contribution is 0.899. The van der Waals surface area contributed by atoms with Gasteiger partial charge in [-0.2, -0.15) is 0 Å². The van der Waals surface area contributed by atoms with E-state index in [1.165, 1.54) is 30.5 Å². The zero-order valence-electron chi connectivity index (χ0n) is 8.79. The van der Waals surface area contributed by atoms with Crippen LogP contribution >= 0.6 is 0 Å². The molecule has 0 atom stereocenters. The Morgan fingerprint density at radius 1 is 1.13 bits per heavy atom. The van der Waals surface area contributed by atoms with Gasteiger partial charge in [0.05, 0.1) is 11.9 Å². The van der Waals surface area contributed by atoms with Crippen molar-refractivity contribution >= 4 is 11.5 Å². The molecule has 15 heavy (non-hydrogen) atoms. The van der Waals surface area contributed by atoms with Crippen LogP contribution in [0.25, 0.3) is 0 Å². The van der Waals surface area contributed by atoms with E-state index < -0.39 is 0 Å². The molecular weight excluding hydrogens is 186 g/mol.